The second-order valence-corrected chi connectivity index (χ2v) is 5.61. The summed E-state index contributed by atoms with van der Waals surface area (Å²) in [6, 6.07) is 6.33. The van der Waals surface area contributed by atoms with Crippen molar-refractivity contribution in [1.29, 1.82) is 0 Å². The molecule has 5 atom stereocenters. The highest BCUT2D eigenvalue weighted by Crippen LogP contribution is 2.27. The van der Waals surface area contributed by atoms with Crippen LogP contribution in [0.1, 0.15) is 18.4 Å². The molecule has 26 heavy (non-hydrogen) atoms. The summed E-state index contributed by atoms with van der Waals surface area (Å²) in [5.41, 5.74) is 0.388. The number of hydrogen-bond acceptors (Lipinski definition) is 9. The Kier molecular flexibility index (Phi) is 6.89. The van der Waals surface area contributed by atoms with Gasteiger partial charge in [0.1, 0.15) is 24.1 Å². The molecule has 0 aromatic heterocycles. The monoisotopic (exact) mass is 372 g/mol. The van der Waals surface area contributed by atoms with Crippen LogP contribution in [0.2, 0.25) is 0 Å². The Hall–Kier alpha value is -2.24. The lowest BCUT2D eigenvalue weighted by molar-refractivity contribution is -0.324. The van der Waals surface area contributed by atoms with Gasteiger partial charge in [0.25, 0.3) is 0 Å². The molecule has 0 aliphatic carbocycles. The number of aliphatic hydroxyl groups is 4. The smallest absolute Gasteiger partial charge is 0.308 e. The average Bonchev–Trinajstić information content (AvgIpc) is 2.62. The van der Waals surface area contributed by atoms with Gasteiger partial charge in [0.2, 0.25) is 12.6 Å². The maximum Gasteiger partial charge on any atom is 0.308 e. The zero-order valence-corrected chi connectivity index (χ0v) is 13.6. The van der Waals surface area contributed by atoms with E-state index in [0.717, 1.165) is 0 Å². The third kappa shape index (κ3) is 4.90. The number of para-hydroxylation sites is 1. The molecule has 0 unspecified atom stereocenters. The molecule has 2 rings (SSSR count). The minimum atomic E-state index is -1.76. The number of aliphatic hydroxyl groups excluding tert-OH is 4. The zero-order valence-electron chi connectivity index (χ0n) is 13.6. The van der Waals surface area contributed by atoms with Gasteiger partial charge in [-0.1, -0.05) is 18.2 Å². The molecule has 10 nitrogen and oxygen atoms in total. The molecule has 1 fully saturated rings. The molecule has 10 heteroatoms. The molecule has 1 aliphatic rings. The number of carboxylic acid groups (broad SMARTS) is 1. The summed E-state index contributed by atoms with van der Waals surface area (Å²) in [5.74, 6) is -2.00. The Bertz CT molecular complexity index is 633. The van der Waals surface area contributed by atoms with Crippen molar-refractivity contribution in [3.05, 3.63) is 29.8 Å². The molecular formula is C16H20O10. The van der Waals surface area contributed by atoms with E-state index in [1.54, 1.807) is 18.2 Å². The van der Waals surface area contributed by atoms with Gasteiger partial charge in [-0.15, -0.1) is 0 Å². The van der Waals surface area contributed by atoms with Gasteiger partial charge < -0.3 is 35.0 Å². The normalized spacial score (nSPS) is 28.4. The number of esters is 1. The summed E-state index contributed by atoms with van der Waals surface area (Å²) in [5, 5.41) is 47.7. The summed E-state index contributed by atoms with van der Waals surface area (Å²) in [4.78, 5) is 22.1. The Morgan fingerprint density at radius 3 is 2.31 bits per heavy atom. The lowest BCUT2D eigenvalue weighted by atomic mass is 10.0. The fourth-order valence-corrected chi connectivity index (χ4v) is 2.28. The standard InChI is InChI=1S/C16H20O10/c17-7-8-3-1-2-4-9(8)24-15-13(22)12(21)14(23)16(26-15)25-11(20)6-5-10(18)19/h1-4,12-17,21-23H,5-7H2,(H,18,19)/t12-,13-,14+,15-,16+/m1/s1. The number of benzene rings is 1. The molecule has 1 aromatic rings. The topological polar surface area (TPSA) is 163 Å². The lowest BCUT2D eigenvalue weighted by Gasteiger charge is -2.39. The van der Waals surface area contributed by atoms with Crippen LogP contribution in [0.5, 0.6) is 5.75 Å². The minimum absolute atomic E-state index is 0.165. The first-order chi connectivity index (χ1) is 12.3. The predicted octanol–water partition coefficient (Wildman–Crippen LogP) is -1.27. The van der Waals surface area contributed by atoms with E-state index >= 15 is 0 Å². The van der Waals surface area contributed by atoms with Crippen LogP contribution in [0, 0.1) is 0 Å². The highest BCUT2D eigenvalue weighted by Gasteiger charge is 2.47. The molecule has 0 amide bonds. The maximum absolute atomic E-state index is 11.6. The summed E-state index contributed by atoms with van der Waals surface area (Å²) in [7, 11) is 0. The van der Waals surface area contributed by atoms with E-state index in [4.69, 9.17) is 19.3 Å². The number of carbonyl (C=O) groups is 2. The van der Waals surface area contributed by atoms with Crippen LogP contribution >= 0.6 is 0 Å². The summed E-state index contributed by atoms with van der Waals surface area (Å²) < 4.78 is 15.5. The lowest BCUT2D eigenvalue weighted by Crippen LogP contribution is -2.60. The van der Waals surface area contributed by atoms with Crippen molar-refractivity contribution in [2.24, 2.45) is 0 Å². The van der Waals surface area contributed by atoms with Gasteiger partial charge in [0.15, 0.2) is 0 Å². The Balaban J connectivity index is 2.07. The summed E-state index contributed by atoms with van der Waals surface area (Å²) >= 11 is 0. The van der Waals surface area contributed by atoms with Crippen molar-refractivity contribution in [3.63, 3.8) is 0 Å². The van der Waals surface area contributed by atoms with E-state index in [1.807, 2.05) is 0 Å². The van der Waals surface area contributed by atoms with Crippen molar-refractivity contribution in [1.82, 2.24) is 0 Å². The first-order valence-electron chi connectivity index (χ1n) is 7.80. The Morgan fingerprint density at radius 1 is 1.00 bits per heavy atom. The minimum Gasteiger partial charge on any atom is -0.481 e. The van der Waals surface area contributed by atoms with Gasteiger partial charge in [-0.2, -0.15) is 0 Å². The molecule has 144 valence electrons. The first kappa shape index (κ1) is 20.1. The molecular weight excluding hydrogens is 352 g/mol. The van der Waals surface area contributed by atoms with Crippen molar-refractivity contribution in [3.8, 4) is 5.75 Å². The molecule has 1 heterocycles. The van der Waals surface area contributed by atoms with Gasteiger partial charge in [-0.05, 0) is 6.07 Å². The van der Waals surface area contributed by atoms with Gasteiger partial charge in [0, 0.05) is 5.56 Å². The van der Waals surface area contributed by atoms with Crippen molar-refractivity contribution >= 4 is 11.9 Å². The molecule has 0 spiro atoms. The number of carboxylic acids is 1. The summed E-state index contributed by atoms with van der Waals surface area (Å²) in [6.45, 7) is -0.349. The molecule has 1 aromatic carbocycles. The third-order valence-corrected chi connectivity index (χ3v) is 3.70. The second-order valence-electron chi connectivity index (χ2n) is 5.61. The van der Waals surface area contributed by atoms with E-state index in [0.29, 0.717) is 5.56 Å². The third-order valence-electron chi connectivity index (χ3n) is 3.70. The number of rotatable bonds is 7. The second kappa shape index (κ2) is 8.92. The van der Waals surface area contributed by atoms with Crippen molar-refractivity contribution < 1.29 is 49.3 Å². The van der Waals surface area contributed by atoms with E-state index in [9.17, 15) is 30.0 Å². The summed E-state index contributed by atoms with van der Waals surface area (Å²) in [6.07, 6.45) is -9.26. The average molecular weight is 372 g/mol. The largest absolute Gasteiger partial charge is 0.481 e. The highest BCUT2D eigenvalue weighted by atomic mass is 16.8. The fourth-order valence-electron chi connectivity index (χ4n) is 2.28. The van der Waals surface area contributed by atoms with Gasteiger partial charge in [-0.25, -0.2) is 0 Å². The van der Waals surface area contributed by atoms with Crippen LogP contribution in [-0.2, 0) is 25.7 Å². The highest BCUT2D eigenvalue weighted by molar-refractivity contribution is 5.76. The van der Waals surface area contributed by atoms with E-state index in [1.165, 1.54) is 6.07 Å². The van der Waals surface area contributed by atoms with Crippen LogP contribution in [0.25, 0.3) is 0 Å². The molecule has 0 radical (unpaired) electrons. The van der Waals surface area contributed by atoms with E-state index in [-0.39, 0.29) is 12.4 Å². The van der Waals surface area contributed by atoms with Crippen LogP contribution < -0.4 is 4.74 Å². The molecule has 1 aliphatic heterocycles. The fraction of sp³-hybridized carbons (Fsp3) is 0.500. The van der Waals surface area contributed by atoms with Gasteiger partial charge in [0.05, 0.1) is 19.4 Å². The SMILES string of the molecule is O=C(O)CCC(=O)O[C@H]1O[C@@H](Oc2ccccc2CO)[C@H](O)[C@@H](O)[C@@H]1O. The van der Waals surface area contributed by atoms with Crippen LogP contribution in [0.4, 0.5) is 0 Å². The number of ether oxygens (including phenoxy) is 3. The Labute approximate surface area is 148 Å². The molecule has 5 N–H and O–H groups in total. The van der Waals surface area contributed by atoms with Crippen LogP contribution in [0.3, 0.4) is 0 Å². The molecule has 0 bridgehead atoms. The molecule has 0 saturated carbocycles. The number of aliphatic carboxylic acids is 1. The Morgan fingerprint density at radius 2 is 1.65 bits per heavy atom. The zero-order chi connectivity index (χ0) is 19.3. The van der Waals surface area contributed by atoms with Crippen molar-refractivity contribution in [2.45, 2.75) is 50.3 Å². The first-order valence-corrected chi connectivity index (χ1v) is 7.80. The van der Waals surface area contributed by atoms with E-state index in [2.05, 4.69) is 0 Å². The van der Waals surface area contributed by atoms with Crippen LogP contribution in [0.15, 0.2) is 24.3 Å². The number of carbonyl (C=O) groups excluding carboxylic acids is 1. The van der Waals surface area contributed by atoms with Crippen molar-refractivity contribution in [2.75, 3.05) is 0 Å². The quantitative estimate of drug-likeness (QED) is 0.365. The number of hydrogen-bond donors (Lipinski definition) is 5. The van der Waals surface area contributed by atoms with Crippen LogP contribution in [-0.4, -0.2) is 68.4 Å². The predicted molar refractivity (Wildman–Crippen MR) is 82.6 cm³/mol. The van der Waals surface area contributed by atoms with E-state index < -0.39 is 55.7 Å². The van der Waals surface area contributed by atoms with Gasteiger partial charge in [-0.3, -0.25) is 14.3 Å². The van der Waals surface area contributed by atoms with Gasteiger partial charge >= 0.3 is 11.9 Å². The molecule has 1 saturated heterocycles. The maximum atomic E-state index is 11.6.